The maximum atomic E-state index is 6.21. The molecule has 1 aromatic carbocycles. The summed E-state index contributed by atoms with van der Waals surface area (Å²) in [6.45, 7) is 0.685. The lowest BCUT2D eigenvalue weighted by Gasteiger charge is -2.11. The van der Waals surface area contributed by atoms with Crippen LogP contribution in [0.15, 0.2) is 30.3 Å². The predicted octanol–water partition coefficient (Wildman–Crippen LogP) is 4.45. The second-order valence-corrected chi connectivity index (χ2v) is 6.75. The molecule has 1 aromatic heterocycles. The van der Waals surface area contributed by atoms with Crippen LogP contribution >= 0.6 is 34.2 Å². The molecule has 3 rings (SSSR count). The lowest BCUT2D eigenvalue weighted by Crippen LogP contribution is -2.05. The molecule has 0 spiro atoms. The average molecular weight is 416 g/mol. The minimum absolute atomic E-state index is 0.480. The van der Waals surface area contributed by atoms with E-state index in [0.717, 1.165) is 9.26 Å². The largest absolute Gasteiger partial charge is 0.476 e. The number of nitrogen functional groups attached to an aromatic ring is 1. The molecule has 2 aromatic rings. The average Bonchev–Trinajstić information content (AvgIpc) is 3.26. The summed E-state index contributed by atoms with van der Waals surface area (Å²) in [7, 11) is 0. The van der Waals surface area contributed by atoms with Gasteiger partial charge in [-0.15, -0.1) is 0 Å². The van der Waals surface area contributed by atoms with E-state index in [1.165, 1.54) is 12.8 Å². The molecule has 0 radical (unpaired) electrons. The maximum absolute atomic E-state index is 6.21. The standard InChI is InChI=1S/C15H15ClIN3O/c16-11-7-10(17)3-5-13(11)19-14-6-4-12(18)15(20-14)21-8-9-1-2-9/h3-7,9H,1-2,8,18H2,(H,19,20). The monoisotopic (exact) mass is 415 g/mol. The van der Waals surface area contributed by atoms with Gasteiger partial charge in [0.2, 0.25) is 5.88 Å². The number of pyridine rings is 1. The molecule has 1 aliphatic carbocycles. The van der Waals surface area contributed by atoms with E-state index in [1.807, 2.05) is 24.3 Å². The first kappa shape index (κ1) is 14.7. The predicted molar refractivity (Wildman–Crippen MR) is 94.3 cm³/mol. The summed E-state index contributed by atoms with van der Waals surface area (Å²) < 4.78 is 6.76. The molecule has 1 saturated carbocycles. The van der Waals surface area contributed by atoms with Crippen LogP contribution in [0.4, 0.5) is 17.2 Å². The SMILES string of the molecule is Nc1ccc(Nc2ccc(I)cc2Cl)nc1OCC1CC1. The number of hydrogen-bond donors (Lipinski definition) is 2. The van der Waals surface area contributed by atoms with Crippen molar-refractivity contribution in [3.8, 4) is 5.88 Å². The van der Waals surface area contributed by atoms with Crippen molar-refractivity contribution in [1.82, 2.24) is 4.98 Å². The Morgan fingerprint density at radius 1 is 1.33 bits per heavy atom. The van der Waals surface area contributed by atoms with Gasteiger partial charge in [-0.2, -0.15) is 4.98 Å². The third-order valence-electron chi connectivity index (χ3n) is 3.24. The van der Waals surface area contributed by atoms with Crippen molar-refractivity contribution in [1.29, 1.82) is 0 Å². The Morgan fingerprint density at radius 3 is 2.86 bits per heavy atom. The van der Waals surface area contributed by atoms with Gasteiger partial charge in [-0.05, 0) is 71.7 Å². The Bertz CT molecular complexity index is 661. The van der Waals surface area contributed by atoms with Crippen molar-refractivity contribution in [2.24, 2.45) is 5.92 Å². The number of nitrogens with one attached hydrogen (secondary N) is 1. The zero-order valence-electron chi connectivity index (χ0n) is 11.3. The van der Waals surface area contributed by atoms with Gasteiger partial charge in [0.05, 0.1) is 23.0 Å². The number of aromatic nitrogens is 1. The van der Waals surface area contributed by atoms with E-state index < -0.39 is 0 Å². The van der Waals surface area contributed by atoms with E-state index >= 15 is 0 Å². The van der Waals surface area contributed by atoms with Crippen LogP contribution in [-0.2, 0) is 0 Å². The summed E-state index contributed by atoms with van der Waals surface area (Å²) in [6, 6.07) is 9.40. The Hall–Kier alpha value is -1.21. The molecule has 3 N–H and O–H groups in total. The number of hydrogen-bond acceptors (Lipinski definition) is 4. The maximum Gasteiger partial charge on any atom is 0.239 e. The number of nitrogens with zero attached hydrogens (tertiary/aromatic N) is 1. The van der Waals surface area contributed by atoms with Gasteiger partial charge in [-0.3, -0.25) is 0 Å². The molecule has 1 fully saturated rings. The van der Waals surface area contributed by atoms with Crippen LogP contribution in [0.1, 0.15) is 12.8 Å². The molecule has 4 nitrogen and oxygen atoms in total. The van der Waals surface area contributed by atoms with Crippen molar-refractivity contribution in [2.75, 3.05) is 17.7 Å². The number of anilines is 3. The minimum Gasteiger partial charge on any atom is -0.476 e. The second-order valence-electron chi connectivity index (χ2n) is 5.09. The number of halogens is 2. The molecule has 0 amide bonds. The smallest absolute Gasteiger partial charge is 0.239 e. The van der Waals surface area contributed by atoms with Crippen LogP contribution in [0, 0.1) is 9.49 Å². The number of nitrogens with two attached hydrogens (primary N) is 1. The molecular weight excluding hydrogens is 401 g/mol. The fourth-order valence-electron chi connectivity index (χ4n) is 1.85. The van der Waals surface area contributed by atoms with Gasteiger partial charge in [-0.1, -0.05) is 11.6 Å². The van der Waals surface area contributed by atoms with E-state index in [9.17, 15) is 0 Å². The van der Waals surface area contributed by atoms with Gasteiger partial charge in [0.25, 0.3) is 0 Å². The van der Waals surface area contributed by atoms with E-state index in [1.54, 1.807) is 6.07 Å². The highest BCUT2D eigenvalue weighted by Gasteiger charge is 2.22. The van der Waals surface area contributed by atoms with Crippen LogP contribution in [0.3, 0.4) is 0 Å². The van der Waals surface area contributed by atoms with Gasteiger partial charge < -0.3 is 15.8 Å². The van der Waals surface area contributed by atoms with Crippen molar-refractivity contribution in [3.05, 3.63) is 38.9 Å². The molecule has 0 saturated heterocycles. The van der Waals surface area contributed by atoms with Gasteiger partial charge >= 0.3 is 0 Å². The molecule has 1 heterocycles. The summed E-state index contributed by atoms with van der Waals surface area (Å²) in [4.78, 5) is 4.41. The first-order chi connectivity index (χ1) is 10.1. The quantitative estimate of drug-likeness (QED) is 0.708. The number of ether oxygens (including phenoxy) is 1. The minimum atomic E-state index is 0.480. The van der Waals surface area contributed by atoms with Crippen LogP contribution in [0.2, 0.25) is 5.02 Å². The van der Waals surface area contributed by atoms with Crippen molar-refractivity contribution < 1.29 is 4.74 Å². The molecule has 21 heavy (non-hydrogen) atoms. The summed E-state index contributed by atoms with van der Waals surface area (Å²) in [5.74, 6) is 1.81. The van der Waals surface area contributed by atoms with Crippen molar-refractivity contribution >= 4 is 51.4 Å². The molecule has 1 aliphatic rings. The van der Waals surface area contributed by atoms with Gasteiger partial charge in [0, 0.05) is 3.57 Å². The fraction of sp³-hybridized carbons (Fsp3) is 0.267. The zero-order chi connectivity index (χ0) is 14.8. The summed E-state index contributed by atoms with van der Waals surface area (Å²) in [5.41, 5.74) is 7.26. The Morgan fingerprint density at radius 2 is 2.14 bits per heavy atom. The highest BCUT2D eigenvalue weighted by molar-refractivity contribution is 14.1. The van der Waals surface area contributed by atoms with E-state index in [-0.39, 0.29) is 0 Å². The molecule has 0 bridgehead atoms. The first-order valence-electron chi connectivity index (χ1n) is 6.73. The molecule has 0 aliphatic heterocycles. The molecule has 110 valence electrons. The topological polar surface area (TPSA) is 60.2 Å². The lowest BCUT2D eigenvalue weighted by atomic mass is 10.3. The second kappa shape index (κ2) is 6.27. The Kier molecular flexibility index (Phi) is 4.40. The molecule has 6 heteroatoms. The van der Waals surface area contributed by atoms with Gasteiger partial charge in [0.15, 0.2) is 0 Å². The molecular formula is C15H15ClIN3O. The van der Waals surface area contributed by atoms with E-state index in [2.05, 4.69) is 32.9 Å². The molecule has 0 atom stereocenters. The van der Waals surface area contributed by atoms with Gasteiger partial charge in [-0.25, -0.2) is 0 Å². The number of rotatable bonds is 5. The Labute approximate surface area is 142 Å². The first-order valence-corrected chi connectivity index (χ1v) is 8.19. The highest BCUT2D eigenvalue weighted by Crippen LogP contribution is 2.32. The third-order valence-corrected chi connectivity index (χ3v) is 4.22. The third kappa shape index (κ3) is 3.91. The summed E-state index contributed by atoms with van der Waals surface area (Å²) >= 11 is 8.43. The van der Waals surface area contributed by atoms with Crippen LogP contribution in [0.25, 0.3) is 0 Å². The fourth-order valence-corrected chi connectivity index (χ4v) is 2.75. The summed E-state index contributed by atoms with van der Waals surface area (Å²) in [5, 5.41) is 3.84. The van der Waals surface area contributed by atoms with Crippen LogP contribution in [-0.4, -0.2) is 11.6 Å². The van der Waals surface area contributed by atoms with Gasteiger partial charge in [0.1, 0.15) is 5.82 Å². The van der Waals surface area contributed by atoms with E-state index in [0.29, 0.717) is 34.9 Å². The summed E-state index contributed by atoms with van der Waals surface area (Å²) in [6.07, 6.45) is 2.46. The normalized spacial score (nSPS) is 14.0. The zero-order valence-corrected chi connectivity index (χ0v) is 14.2. The van der Waals surface area contributed by atoms with E-state index in [4.69, 9.17) is 22.1 Å². The van der Waals surface area contributed by atoms with Crippen molar-refractivity contribution in [3.63, 3.8) is 0 Å². The lowest BCUT2D eigenvalue weighted by molar-refractivity contribution is 0.290. The van der Waals surface area contributed by atoms with Crippen LogP contribution < -0.4 is 15.8 Å². The molecule has 0 unspecified atom stereocenters. The number of benzene rings is 1. The van der Waals surface area contributed by atoms with Crippen LogP contribution in [0.5, 0.6) is 5.88 Å². The highest BCUT2D eigenvalue weighted by atomic mass is 127. The Balaban J connectivity index is 1.76. The van der Waals surface area contributed by atoms with Crippen molar-refractivity contribution in [2.45, 2.75) is 12.8 Å².